The Morgan fingerprint density at radius 3 is 1.05 bits per heavy atom. The van der Waals surface area contributed by atoms with Crippen LogP contribution >= 0.6 is 0 Å². The first-order chi connectivity index (χ1) is 18.8. The van der Waals surface area contributed by atoms with Crippen molar-refractivity contribution in [2.24, 2.45) is 0 Å². The Kier molecular flexibility index (Phi) is 7.30. The molecular weight excluding hydrogens is 474 g/mol. The van der Waals surface area contributed by atoms with Crippen molar-refractivity contribution >= 4 is 17.1 Å². The van der Waals surface area contributed by atoms with Gasteiger partial charge in [-0.05, 0) is 70.8 Å². The highest BCUT2D eigenvalue weighted by Crippen LogP contribution is 2.39. The molecule has 0 N–H and O–H groups in total. The highest BCUT2D eigenvalue weighted by Gasteiger charge is 2.25. The molecule has 39 heavy (non-hydrogen) atoms. The van der Waals surface area contributed by atoms with Gasteiger partial charge in [-0.15, -0.1) is 0 Å². The Balaban J connectivity index is 1.52. The number of benzene rings is 5. The quantitative estimate of drug-likeness (QED) is 0.205. The number of rotatable bonds is 8. The molecule has 0 spiro atoms. The van der Waals surface area contributed by atoms with Crippen molar-refractivity contribution in [3.63, 3.8) is 0 Å². The van der Waals surface area contributed by atoms with Gasteiger partial charge in [0.1, 0.15) is 5.75 Å². The fourth-order valence-corrected chi connectivity index (χ4v) is 5.28. The summed E-state index contributed by atoms with van der Waals surface area (Å²) in [5.41, 5.74) is 8.32. The summed E-state index contributed by atoms with van der Waals surface area (Å²) >= 11 is 0. The van der Waals surface area contributed by atoms with E-state index in [0.29, 0.717) is 0 Å². The van der Waals surface area contributed by atoms with Crippen LogP contribution in [0.15, 0.2) is 133 Å². The average molecular weight is 512 g/mol. The van der Waals surface area contributed by atoms with E-state index in [2.05, 4.69) is 154 Å². The molecule has 0 saturated heterocycles. The number of anilines is 3. The molecule has 0 fully saturated rings. The molecular formula is C37H37NO. The fourth-order valence-electron chi connectivity index (χ4n) is 5.28. The highest BCUT2D eigenvalue weighted by molar-refractivity contribution is 5.77. The van der Waals surface area contributed by atoms with Gasteiger partial charge in [0.05, 0.1) is 7.11 Å². The SMILES string of the molecule is COc1ccc(N(c2ccc(C(C)(C)c3ccccc3)cc2)c2ccc(C(C)(C)c3ccccc3)cc2)cc1. The molecule has 0 aliphatic carbocycles. The third-order valence-electron chi connectivity index (χ3n) is 8.02. The molecule has 196 valence electrons. The average Bonchev–Trinajstić information content (AvgIpc) is 2.99. The number of methoxy groups -OCH3 is 1. The Morgan fingerprint density at radius 1 is 0.410 bits per heavy atom. The monoisotopic (exact) mass is 511 g/mol. The van der Waals surface area contributed by atoms with E-state index >= 15 is 0 Å². The zero-order valence-electron chi connectivity index (χ0n) is 23.6. The molecule has 2 nitrogen and oxygen atoms in total. The minimum Gasteiger partial charge on any atom is -0.497 e. The summed E-state index contributed by atoms with van der Waals surface area (Å²) in [6, 6.07) is 47.6. The van der Waals surface area contributed by atoms with Gasteiger partial charge in [-0.1, -0.05) is 113 Å². The van der Waals surface area contributed by atoms with Crippen LogP contribution in [0.4, 0.5) is 17.1 Å². The lowest BCUT2D eigenvalue weighted by atomic mass is 9.78. The van der Waals surface area contributed by atoms with E-state index in [4.69, 9.17) is 4.74 Å². The van der Waals surface area contributed by atoms with Crippen molar-refractivity contribution in [2.45, 2.75) is 38.5 Å². The summed E-state index contributed by atoms with van der Waals surface area (Å²) in [4.78, 5) is 2.30. The van der Waals surface area contributed by atoms with Crippen molar-refractivity contribution < 1.29 is 4.74 Å². The third-order valence-corrected chi connectivity index (χ3v) is 8.02. The molecule has 0 radical (unpaired) electrons. The van der Waals surface area contributed by atoms with Crippen molar-refractivity contribution in [2.75, 3.05) is 12.0 Å². The zero-order chi connectivity index (χ0) is 27.5. The maximum absolute atomic E-state index is 5.43. The van der Waals surface area contributed by atoms with E-state index in [1.807, 2.05) is 12.1 Å². The lowest BCUT2D eigenvalue weighted by Gasteiger charge is -2.30. The Hall–Kier alpha value is -4.30. The minimum atomic E-state index is -0.0879. The lowest BCUT2D eigenvalue weighted by molar-refractivity contribution is 0.415. The Labute approximate surface area is 233 Å². The third kappa shape index (κ3) is 5.33. The van der Waals surface area contributed by atoms with Crippen molar-refractivity contribution in [3.8, 4) is 5.75 Å². The van der Waals surface area contributed by atoms with Gasteiger partial charge in [0.2, 0.25) is 0 Å². The predicted molar refractivity (Wildman–Crippen MR) is 165 cm³/mol. The number of nitrogens with zero attached hydrogens (tertiary/aromatic N) is 1. The molecule has 0 aliphatic rings. The summed E-state index contributed by atoms with van der Waals surface area (Å²) in [6.45, 7) is 9.13. The molecule has 5 rings (SSSR count). The van der Waals surface area contributed by atoms with Crippen LogP contribution in [0.5, 0.6) is 5.75 Å². The molecule has 0 aromatic heterocycles. The highest BCUT2D eigenvalue weighted by atomic mass is 16.5. The van der Waals surface area contributed by atoms with Crippen LogP contribution in [0.1, 0.15) is 49.9 Å². The second kappa shape index (κ2) is 10.8. The van der Waals surface area contributed by atoms with E-state index in [0.717, 1.165) is 22.8 Å². The first-order valence-electron chi connectivity index (χ1n) is 13.6. The molecule has 0 unspecified atom stereocenters. The second-order valence-corrected chi connectivity index (χ2v) is 11.1. The molecule has 2 heteroatoms. The van der Waals surface area contributed by atoms with Gasteiger partial charge < -0.3 is 9.64 Å². The summed E-state index contributed by atoms with van der Waals surface area (Å²) in [6.07, 6.45) is 0. The largest absolute Gasteiger partial charge is 0.497 e. The topological polar surface area (TPSA) is 12.5 Å². The molecule has 0 bridgehead atoms. The van der Waals surface area contributed by atoms with Gasteiger partial charge in [-0.3, -0.25) is 0 Å². The van der Waals surface area contributed by atoms with E-state index in [9.17, 15) is 0 Å². The Bertz CT molecular complexity index is 1390. The maximum Gasteiger partial charge on any atom is 0.119 e. The van der Waals surface area contributed by atoms with Gasteiger partial charge in [0.25, 0.3) is 0 Å². The summed E-state index contributed by atoms with van der Waals surface area (Å²) in [5, 5.41) is 0. The van der Waals surface area contributed by atoms with E-state index < -0.39 is 0 Å². The standard InChI is InChI=1S/C37H37NO/c1-36(2,28-12-8-6-9-13-28)30-16-20-32(21-17-30)38(34-24-26-35(39-5)27-25-34)33-22-18-31(19-23-33)37(3,4)29-14-10-7-11-15-29/h6-27H,1-5H3. The molecule has 0 atom stereocenters. The van der Waals surface area contributed by atoms with Crippen molar-refractivity contribution in [1.29, 1.82) is 0 Å². The smallest absolute Gasteiger partial charge is 0.119 e. The lowest BCUT2D eigenvalue weighted by Crippen LogP contribution is -2.19. The van der Waals surface area contributed by atoms with Crippen LogP contribution < -0.4 is 9.64 Å². The molecule has 0 amide bonds. The van der Waals surface area contributed by atoms with E-state index in [-0.39, 0.29) is 10.8 Å². The summed E-state index contributed by atoms with van der Waals surface area (Å²) < 4.78 is 5.43. The van der Waals surface area contributed by atoms with Crippen LogP contribution in [0.25, 0.3) is 0 Å². The maximum atomic E-state index is 5.43. The molecule has 5 aromatic rings. The number of ether oxygens (including phenoxy) is 1. The van der Waals surface area contributed by atoms with Gasteiger partial charge >= 0.3 is 0 Å². The molecule has 0 saturated carbocycles. The fraction of sp³-hybridized carbons (Fsp3) is 0.189. The van der Waals surface area contributed by atoms with E-state index in [1.165, 1.54) is 22.3 Å². The van der Waals surface area contributed by atoms with Crippen LogP contribution in [-0.2, 0) is 10.8 Å². The molecule has 0 heterocycles. The van der Waals surface area contributed by atoms with Crippen molar-refractivity contribution in [1.82, 2.24) is 0 Å². The Morgan fingerprint density at radius 2 is 0.718 bits per heavy atom. The van der Waals surface area contributed by atoms with Crippen LogP contribution in [0.2, 0.25) is 0 Å². The van der Waals surface area contributed by atoms with E-state index in [1.54, 1.807) is 7.11 Å². The van der Waals surface area contributed by atoms with Crippen LogP contribution in [0, 0.1) is 0 Å². The molecule has 0 aliphatic heterocycles. The number of hydrogen-bond acceptors (Lipinski definition) is 2. The zero-order valence-corrected chi connectivity index (χ0v) is 23.6. The van der Waals surface area contributed by atoms with Crippen LogP contribution in [0.3, 0.4) is 0 Å². The van der Waals surface area contributed by atoms with Gasteiger partial charge in [0.15, 0.2) is 0 Å². The first-order valence-corrected chi connectivity index (χ1v) is 13.6. The van der Waals surface area contributed by atoms with Gasteiger partial charge in [-0.25, -0.2) is 0 Å². The summed E-state index contributed by atoms with van der Waals surface area (Å²) in [7, 11) is 1.70. The predicted octanol–water partition coefficient (Wildman–Crippen LogP) is 9.82. The van der Waals surface area contributed by atoms with Crippen molar-refractivity contribution in [3.05, 3.63) is 156 Å². The van der Waals surface area contributed by atoms with Gasteiger partial charge in [-0.2, -0.15) is 0 Å². The molecule has 5 aromatic carbocycles. The first kappa shape index (κ1) is 26.3. The second-order valence-electron chi connectivity index (χ2n) is 11.1. The van der Waals surface area contributed by atoms with Crippen LogP contribution in [-0.4, -0.2) is 7.11 Å². The minimum absolute atomic E-state index is 0.0879. The normalized spacial score (nSPS) is 11.7. The van der Waals surface area contributed by atoms with Gasteiger partial charge in [0, 0.05) is 27.9 Å². The number of hydrogen-bond donors (Lipinski definition) is 0. The summed E-state index contributed by atoms with van der Waals surface area (Å²) in [5.74, 6) is 0.846.